The summed E-state index contributed by atoms with van der Waals surface area (Å²) in [6.07, 6.45) is 8.46. The lowest BCUT2D eigenvalue weighted by molar-refractivity contribution is -0.140. The molecule has 4 saturated carbocycles. The Morgan fingerprint density at radius 1 is 1.09 bits per heavy atom. The van der Waals surface area contributed by atoms with Crippen LogP contribution in [0.15, 0.2) is 18.2 Å². The summed E-state index contributed by atoms with van der Waals surface area (Å²) in [4.78, 5) is 13.0. The molecule has 116 valence electrons. The van der Waals surface area contributed by atoms with Gasteiger partial charge in [0, 0.05) is 12.1 Å². The first-order valence-corrected chi connectivity index (χ1v) is 8.77. The highest BCUT2D eigenvalue weighted by Crippen LogP contribution is 2.60. The molecule has 4 bridgehead atoms. The second kappa shape index (κ2) is 4.50. The van der Waals surface area contributed by atoms with Gasteiger partial charge in [-0.25, -0.2) is 0 Å². The van der Waals surface area contributed by atoms with Crippen LogP contribution in [0, 0.1) is 23.2 Å². The Balaban J connectivity index is 1.38. The molecule has 3 nitrogen and oxygen atoms in total. The quantitative estimate of drug-likeness (QED) is 0.902. The third-order valence-electron chi connectivity index (χ3n) is 6.47. The molecule has 1 aromatic carbocycles. The van der Waals surface area contributed by atoms with Gasteiger partial charge in [0.1, 0.15) is 5.75 Å². The second-order valence-corrected chi connectivity index (χ2v) is 8.07. The van der Waals surface area contributed by atoms with E-state index in [2.05, 4.69) is 11.4 Å². The molecule has 0 atom stereocenters. The Morgan fingerprint density at radius 2 is 1.77 bits per heavy atom. The van der Waals surface area contributed by atoms with E-state index in [1.54, 1.807) is 0 Å². The van der Waals surface area contributed by atoms with Crippen LogP contribution in [0.5, 0.6) is 5.75 Å². The van der Waals surface area contributed by atoms with Crippen molar-refractivity contribution in [3.8, 4) is 5.75 Å². The zero-order valence-electron chi connectivity index (χ0n) is 12.9. The number of carbonyl (C=O) groups excluding carboxylic acids is 1. The Hall–Kier alpha value is -1.51. The number of nitrogens with one attached hydrogen (secondary N) is 1. The van der Waals surface area contributed by atoms with E-state index in [1.807, 2.05) is 12.1 Å². The lowest BCUT2D eigenvalue weighted by atomic mass is 9.49. The summed E-state index contributed by atoms with van der Waals surface area (Å²) >= 11 is 0. The maximum atomic E-state index is 13.0. The molecule has 0 saturated heterocycles. The molecular weight excluding hydrogens is 274 g/mol. The second-order valence-electron chi connectivity index (χ2n) is 8.07. The molecule has 4 fully saturated rings. The van der Waals surface area contributed by atoms with Crippen LogP contribution in [0.3, 0.4) is 0 Å². The number of carbonyl (C=O) groups is 1. The van der Waals surface area contributed by atoms with E-state index in [0.29, 0.717) is 0 Å². The minimum Gasteiger partial charge on any atom is -0.493 e. The summed E-state index contributed by atoms with van der Waals surface area (Å²) in [7, 11) is 0. The van der Waals surface area contributed by atoms with E-state index in [-0.39, 0.29) is 11.3 Å². The van der Waals surface area contributed by atoms with E-state index >= 15 is 0 Å². The van der Waals surface area contributed by atoms with Crippen molar-refractivity contribution in [2.24, 2.45) is 23.2 Å². The summed E-state index contributed by atoms with van der Waals surface area (Å²) in [5.74, 6) is 3.69. The molecule has 5 aliphatic rings. The predicted molar refractivity (Wildman–Crippen MR) is 84.9 cm³/mol. The van der Waals surface area contributed by atoms with Crippen molar-refractivity contribution in [3.05, 3.63) is 23.8 Å². The van der Waals surface area contributed by atoms with Crippen LogP contribution in [0.4, 0.5) is 5.69 Å². The SMILES string of the molecule is O=C(Nc1ccc2c(c1)CCO2)C12CC3CC(CC(C3)C1)C2. The number of fused-ring (bicyclic) bond motifs is 1. The predicted octanol–water partition coefficient (Wildman–Crippen LogP) is 3.78. The Bertz CT molecular complexity index is 601. The smallest absolute Gasteiger partial charge is 0.230 e. The van der Waals surface area contributed by atoms with Gasteiger partial charge < -0.3 is 10.1 Å². The van der Waals surface area contributed by atoms with Crippen molar-refractivity contribution in [1.82, 2.24) is 0 Å². The number of benzene rings is 1. The van der Waals surface area contributed by atoms with Gasteiger partial charge in [-0.3, -0.25) is 4.79 Å². The van der Waals surface area contributed by atoms with Crippen LogP contribution in [-0.2, 0) is 11.2 Å². The number of hydrogen-bond acceptors (Lipinski definition) is 2. The summed E-state index contributed by atoms with van der Waals surface area (Å²) in [6, 6.07) is 6.08. The van der Waals surface area contributed by atoms with Crippen molar-refractivity contribution in [2.45, 2.75) is 44.9 Å². The molecule has 4 aliphatic carbocycles. The molecular formula is C19H23NO2. The van der Waals surface area contributed by atoms with Crippen LogP contribution in [0.2, 0.25) is 0 Å². The first-order valence-electron chi connectivity index (χ1n) is 8.77. The van der Waals surface area contributed by atoms with Crippen molar-refractivity contribution < 1.29 is 9.53 Å². The monoisotopic (exact) mass is 297 g/mol. The average Bonchev–Trinajstić information content (AvgIpc) is 2.93. The van der Waals surface area contributed by atoms with Crippen molar-refractivity contribution in [3.63, 3.8) is 0 Å². The third-order valence-corrected chi connectivity index (χ3v) is 6.47. The molecule has 0 spiro atoms. The van der Waals surface area contributed by atoms with Crippen LogP contribution < -0.4 is 10.1 Å². The molecule has 3 heteroatoms. The highest BCUT2D eigenvalue weighted by atomic mass is 16.5. The number of hydrogen-bond donors (Lipinski definition) is 1. The fourth-order valence-electron chi connectivity index (χ4n) is 5.92. The summed E-state index contributed by atoms with van der Waals surface area (Å²) in [6.45, 7) is 0.766. The van der Waals surface area contributed by atoms with Gasteiger partial charge in [0.05, 0.1) is 12.0 Å². The normalized spacial score (nSPS) is 37.7. The topological polar surface area (TPSA) is 38.3 Å². The number of rotatable bonds is 2. The fraction of sp³-hybridized carbons (Fsp3) is 0.632. The van der Waals surface area contributed by atoms with E-state index < -0.39 is 0 Å². The molecule has 0 unspecified atom stereocenters. The maximum Gasteiger partial charge on any atom is 0.230 e. The summed E-state index contributed by atoms with van der Waals surface area (Å²) in [5, 5.41) is 3.23. The molecule has 6 rings (SSSR count). The van der Waals surface area contributed by atoms with Crippen molar-refractivity contribution >= 4 is 11.6 Å². The molecule has 1 amide bonds. The third kappa shape index (κ3) is 1.90. The maximum absolute atomic E-state index is 13.0. The Morgan fingerprint density at radius 3 is 2.45 bits per heavy atom. The summed E-state index contributed by atoms with van der Waals surface area (Å²) in [5.41, 5.74) is 2.11. The molecule has 1 N–H and O–H groups in total. The van der Waals surface area contributed by atoms with Gasteiger partial charge in [0.25, 0.3) is 0 Å². The van der Waals surface area contributed by atoms with Gasteiger partial charge in [-0.05, 0) is 80.0 Å². The number of amides is 1. The highest BCUT2D eigenvalue weighted by molar-refractivity contribution is 5.95. The number of ether oxygens (including phenoxy) is 1. The zero-order valence-corrected chi connectivity index (χ0v) is 12.9. The molecule has 0 aromatic heterocycles. The fourth-order valence-corrected chi connectivity index (χ4v) is 5.92. The van der Waals surface area contributed by atoms with Crippen molar-refractivity contribution in [2.75, 3.05) is 11.9 Å². The lowest BCUT2D eigenvalue weighted by Crippen LogP contribution is -2.51. The van der Waals surface area contributed by atoms with Gasteiger partial charge in [-0.15, -0.1) is 0 Å². The Kier molecular flexibility index (Phi) is 2.65. The van der Waals surface area contributed by atoms with Gasteiger partial charge in [-0.1, -0.05) is 0 Å². The van der Waals surface area contributed by atoms with E-state index in [1.165, 1.54) is 24.8 Å². The van der Waals surface area contributed by atoms with Crippen LogP contribution in [0.25, 0.3) is 0 Å². The zero-order chi connectivity index (χ0) is 14.7. The average molecular weight is 297 g/mol. The highest BCUT2D eigenvalue weighted by Gasteiger charge is 2.54. The molecule has 22 heavy (non-hydrogen) atoms. The molecule has 0 radical (unpaired) electrons. The minimum atomic E-state index is -0.0652. The van der Waals surface area contributed by atoms with Crippen molar-refractivity contribution in [1.29, 1.82) is 0 Å². The lowest BCUT2D eigenvalue weighted by Gasteiger charge is -2.55. The van der Waals surface area contributed by atoms with Crippen LogP contribution in [0.1, 0.15) is 44.1 Å². The van der Waals surface area contributed by atoms with Crippen LogP contribution >= 0.6 is 0 Å². The van der Waals surface area contributed by atoms with E-state index in [4.69, 9.17) is 4.74 Å². The molecule has 1 aliphatic heterocycles. The van der Waals surface area contributed by atoms with E-state index in [9.17, 15) is 4.79 Å². The molecule has 1 aromatic rings. The molecule has 1 heterocycles. The first-order chi connectivity index (χ1) is 10.7. The number of anilines is 1. The minimum absolute atomic E-state index is 0.0652. The van der Waals surface area contributed by atoms with Gasteiger partial charge in [-0.2, -0.15) is 0 Å². The Labute approximate surface area is 131 Å². The van der Waals surface area contributed by atoms with Gasteiger partial charge >= 0.3 is 0 Å². The van der Waals surface area contributed by atoms with Crippen LogP contribution in [-0.4, -0.2) is 12.5 Å². The first kappa shape index (κ1) is 13.0. The van der Waals surface area contributed by atoms with Gasteiger partial charge in [0.15, 0.2) is 0 Å². The largest absolute Gasteiger partial charge is 0.493 e. The van der Waals surface area contributed by atoms with Gasteiger partial charge in [0.2, 0.25) is 5.91 Å². The summed E-state index contributed by atoms with van der Waals surface area (Å²) < 4.78 is 5.55. The standard InChI is InChI=1S/C19H23NO2/c21-18(20-16-1-2-17-15(8-16)3-4-22-17)19-9-12-5-13(10-19)7-14(6-12)11-19/h1-2,8,12-14H,3-7,9-11H2,(H,20,21). The van der Waals surface area contributed by atoms with E-state index in [0.717, 1.165) is 61.5 Å².